The Morgan fingerprint density at radius 1 is 1.44 bits per heavy atom. The fourth-order valence-electron chi connectivity index (χ4n) is 2.52. The lowest BCUT2D eigenvalue weighted by Crippen LogP contribution is -2.16. The SMILES string of the molecule is Cc1ccsc1C=C(CN)C1CCCCC1. The number of hydrogen-bond acceptors (Lipinski definition) is 2. The first kappa shape index (κ1) is 11.9. The molecule has 0 bridgehead atoms. The van der Waals surface area contributed by atoms with Gasteiger partial charge >= 0.3 is 0 Å². The van der Waals surface area contributed by atoms with Crippen molar-refractivity contribution in [3.8, 4) is 0 Å². The Labute approximate surface area is 102 Å². The van der Waals surface area contributed by atoms with Crippen molar-refractivity contribution in [1.29, 1.82) is 0 Å². The molecule has 0 unspecified atom stereocenters. The summed E-state index contributed by atoms with van der Waals surface area (Å²) in [7, 11) is 0. The highest BCUT2D eigenvalue weighted by atomic mass is 32.1. The molecule has 2 N–H and O–H groups in total. The molecule has 0 saturated heterocycles. The first-order valence-corrected chi connectivity index (χ1v) is 7.14. The van der Waals surface area contributed by atoms with Gasteiger partial charge in [0.05, 0.1) is 0 Å². The number of aryl methyl sites for hydroxylation is 1. The minimum Gasteiger partial charge on any atom is -0.327 e. The van der Waals surface area contributed by atoms with Crippen molar-refractivity contribution in [2.24, 2.45) is 11.7 Å². The average molecular weight is 235 g/mol. The van der Waals surface area contributed by atoms with Crippen molar-refractivity contribution >= 4 is 17.4 Å². The minimum atomic E-state index is 0.724. The molecule has 2 rings (SSSR count). The van der Waals surface area contributed by atoms with E-state index in [0.29, 0.717) is 0 Å². The third-order valence-electron chi connectivity index (χ3n) is 3.58. The largest absolute Gasteiger partial charge is 0.327 e. The second kappa shape index (κ2) is 5.65. The number of thiophene rings is 1. The topological polar surface area (TPSA) is 26.0 Å². The number of rotatable bonds is 3. The van der Waals surface area contributed by atoms with Gasteiger partial charge in [-0.3, -0.25) is 0 Å². The summed E-state index contributed by atoms with van der Waals surface area (Å²) in [6.45, 7) is 2.90. The Morgan fingerprint density at radius 3 is 2.75 bits per heavy atom. The molecule has 1 aliphatic rings. The summed E-state index contributed by atoms with van der Waals surface area (Å²) in [5.74, 6) is 0.750. The molecule has 0 aliphatic heterocycles. The van der Waals surface area contributed by atoms with E-state index < -0.39 is 0 Å². The van der Waals surface area contributed by atoms with E-state index in [-0.39, 0.29) is 0 Å². The van der Waals surface area contributed by atoms with Crippen LogP contribution in [0.4, 0.5) is 0 Å². The zero-order valence-corrected chi connectivity index (χ0v) is 10.9. The molecule has 1 aromatic rings. The van der Waals surface area contributed by atoms with E-state index in [2.05, 4.69) is 24.4 Å². The first-order chi connectivity index (χ1) is 7.81. The van der Waals surface area contributed by atoms with Crippen LogP contribution in [-0.2, 0) is 0 Å². The highest BCUT2D eigenvalue weighted by Gasteiger charge is 2.17. The van der Waals surface area contributed by atoms with Crippen LogP contribution in [0.5, 0.6) is 0 Å². The molecule has 1 fully saturated rings. The van der Waals surface area contributed by atoms with Crippen LogP contribution in [-0.4, -0.2) is 6.54 Å². The lowest BCUT2D eigenvalue weighted by Gasteiger charge is -2.23. The molecule has 88 valence electrons. The van der Waals surface area contributed by atoms with E-state index in [1.165, 1.54) is 48.1 Å². The molecule has 1 saturated carbocycles. The normalized spacial score (nSPS) is 19.0. The Kier molecular flexibility index (Phi) is 4.19. The van der Waals surface area contributed by atoms with E-state index in [9.17, 15) is 0 Å². The third kappa shape index (κ3) is 2.74. The van der Waals surface area contributed by atoms with Crippen LogP contribution < -0.4 is 5.73 Å². The van der Waals surface area contributed by atoms with Crippen LogP contribution in [0.15, 0.2) is 17.0 Å². The van der Waals surface area contributed by atoms with Gasteiger partial charge in [0.1, 0.15) is 0 Å². The molecule has 0 amide bonds. The summed E-state index contributed by atoms with van der Waals surface area (Å²) >= 11 is 1.83. The third-order valence-corrected chi connectivity index (χ3v) is 4.55. The van der Waals surface area contributed by atoms with E-state index in [4.69, 9.17) is 5.73 Å². The van der Waals surface area contributed by atoms with Gasteiger partial charge in [-0.1, -0.05) is 24.8 Å². The van der Waals surface area contributed by atoms with Crippen LogP contribution in [0.3, 0.4) is 0 Å². The van der Waals surface area contributed by atoms with E-state index in [1.54, 1.807) is 0 Å². The summed E-state index contributed by atoms with van der Waals surface area (Å²) < 4.78 is 0. The van der Waals surface area contributed by atoms with Crippen molar-refractivity contribution in [3.63, 3.8) is 0 Å². The van der Waals surface area contributed by atoms with Gasteiger partial charge in [0.25, 0.3) is 0 Å². The van der Waals surface area contributed by atoms with Crippen LogP contribution in [0.2, 0.25) is 0 Å². The zero-order chi connectivity index (χ0) is 11.4. The highest BCUT2D eigenvalue weighted by molar-refractivity contribution is 7.11. The predicted octanol–water partition coefficient (Wildman–Crippen LogP) is 3.98. The van der Waals surface area contributed by atoms with Crippen molar-refractivity contribution in [2.75, 3.05) is 6.54 Å². The Balaban J connectivity index is 2.14. The first-order valence-electron chi connectivity index (χ1n) is 6.26. The predicted molar refractivity (Wildman–Crippen MR) is 72.7 cm³/mol. The van der Waals surface area contributed by atoms with E-state index in [1.807, 2.05) is 11.3 Å². The molecular weight excluding hydrogens is 214 g/mol. The second-order valence-electron chi connectivity index (χ2n) is 4.73. The molecule has 0 radical (unpaired) electrons. The lowest BCUT2D eigenvalue weighted by molar-refractivity contribution is 0.401. The molecule has 2 heteroatoms. The van der Waals surface area contributed by atoms with Gasteiger partial charge in [-0.25, -0.2) is 0 Å². The molecule has 0 aromatic carbocycles. The quantitative estimate of drug-likeness (QED) is 0.842. The van der Waals surface area contributed by atoms with Crippen molar-refractivity contribution in [3.05, 3.63) is 27.5 Å². The summed E-state index contributed by atoms with van der Waals surface area (Å²) in [6.07, 6.45) is 9.19. The number of nitrogens with two attached hydrogens (primary N) is 1. The molecule has 16 heavy (non-hydrogen) atoms. The van der Waals surface area contributed by atoms with Crippen LogP contribution >= 0.6 is 11.3 Å². The van der Waals surface area contributed by atoms with E-state index >= 15 is 0 Å². The van der Waals surface area contributed by atoms with E-state index in [0.717, 1.165) is 12.5 Å². The summed E-state index contributed by atoms with van der Waals surface area (Å²) in [5, 5.41) is 2.16. The van der Waals surface area contributed by atoms with Crippen molar-refractivity contribution in [2.45, 2.75) is 39.0 Å². The fourth-order valence-corrected chi connectivity index (χ4v) is 3.41. The van der Waals surface area contributed by atoms with Crippen LogP contribution in [0.25, 0.3) is 6.08 Å². The maximum Gasteiger partial charge on any atom is 0.0299 e. The molecule has 0 spiro atoms. The molecule has 0 atom stereocenters. The van der Waals surface area contributed by atoms with Crippen LogP contribution in [0, 0.1) is 12.8 Å². The van der Waals surface area contributed by atoms with Gasteiger partial charge < -0.3 is 5.73 Å². The summed E-state index contributed by atoms with van der Waals surface area (Å²) in [6, 6.07) is 2.19. The fraction of sp³-hybridized carbons (Fsp3) is 0.571. The molecular formula is C14H21NS. The number of hydrogen-bond donors (Lipinski definition) is 1. The van der Waals surface area contributed by atoms with Gasteiger partial charge in [-0.15, -0.1) is 11.3 Å². The van der Waals surface area contributed by atoms with Crippen molar-refractivity contribution < 1.29 is 0 Å². The van der Waals surface area contributed by atoms with Gasteiger partial charge in [-0.05, 0) is 48.8 Å². The van der Waals surface area contributed by atoms with Gasteiger partial charge in [-0.2, -0.15) is 0 Å². The maximum absolute atomic E-state index is 5.91. The maximum atomic E-state index is 5.91. The van der Waals surface area contributed by atoms with Crippen molar-refractivity contribution in [1.82, 2.24) is 0 Å². The molecule has 1 aliphatic carbocycles. The molecule has 1 aromatic heterocycles. The van der Waals surface area contributed by atoms with Crippen LogP contribution in [0.1, 0.15) is 42.5 Å². The van der Waals surface area contributed by atoms with Gasteiger partial charge in [0.15, 0.2) is 0 Å². The Bertz CT molecular complexity index is 359. The standard InChI is InChI=1S/C14H21NS/c1-11-7-8-16-14(11)9-13(10-15)12-5-3-2-4-6-12/h7-9,12H,2-6,10,15H2,1H3. The zero-order valence-electron chi connectivity index (χ0n) is 10.0. The Morgan fingerprint density at radius 2 is 2.19 bits per heavy atom. The lowest BCUT2D eigenvalue weighted by atomic mass is 9.83. The monoisotopic (exact) mass is 235 g/mol. The van der Waals surface area contributed by atoms with Gasteiger partial charge in [0.2, 0.25) is 0 Å². The molecule has 1 nitrogen and oxygen atoms in total. The second-order valence-corrected chi connectivity index (χ2v) is 5.67. The highest BCUT2D eigenvalue weighted by Crippen LogP contribution is 2.31. The smallest absolute Gasteiger partial charge is 0.0299 e. The Hall–Kier alpha value is -0.600. The minimum absolute atomic E-state index is 0.724. The summed E-state index contributed by atoms with van der Waals surface area (Å²) in [4.78, 5) is 1.39. The average Bonchev–Trinajstić information content (AvgIpc) is 2.73. The van der Waals surface area contributed by atoms with Gasteiger partial charge in [0, 0.05) is 11.4 Å². The molecule has 1 heterocycles. The summed E-state index contributed by atoms with van der Waals surface area (Å²) in [5.41, 5.74) is 8.75.